The summed E-state index contributed by atoms with van der Waals surface area (Å²) in [6, 6.07) is 1.28. The summed E-state index contributed by atoms with van der Waals surface area (Å²) in [5.74, 6) is -0.962. The lowest BCUT2D eigenvalue weighted by molar-refractivity contribution is 0.0330. The van der Waals surface area contributed by atoms with Crippen LogP contribution >= 0.6 is 12.6 Å². The minimum atomic E-state index is -1.35. The molecule has 2 unspecified atom stereocenters. The molecule has 15 heavy (non-hydrogen) atoms. The van der Waals surface area contributed by atoms with E-state index in [9.17, 15) is 19.4 Å². The predicted molar refractivity (Wildman–Crippen MR) is 54.4 cm³/mol. The number of thiol groups is 1. The molecule has 6 heteroatoms. The largest absolute Gasteiger partial charge is 0.389 e. The maximum absolute atomic E-state index is 13.0. The lowest BCUT2D eigenvalue weighted by atomic mass is 10.0. The number of hydrogen-bond donors (Lipinski definition) is 3. The first-order valence-electron chi connectivity index (χ1n) is 4.18. The summed E-state index contributed by atoms with van der Waals surface area (Å²) in [4.78, 5) is 13.8. The molecule has 0 saturated carbocycles. The Morgan fingerprint density at radius 3 is 2.80 bits per heavy atom. The second kappa shape index (κ2) is 5.20. The number of aliphatic hydroxyl groups excluding tert-OH is 2. The van der Waals surface area contributed by atoms with Crippen LogP contribution in [0.25, 0.3) is 0 Å². The van der Waals surface area contributed by atoms with Gasteiger partial charge in [-0.25, -0.2) is 4.98 Å². The van der Waals surface area contributed by atoms with Gasteiger partial charge < -0.3 is 10.2 Å². The van der Waals surface area contributed by atoms with Crippen LogP contribution in [0.2, 0.25) is 0 Å². The Hall–Kier alpha value is -0.980. The molecule has 0 amide bonds. The van der Waals surface area contributed by atoms with Gasteiger partial charge in [-0.15, -0.1) is 0 Å². The highest BCUT2D eigenvalue weighted by molar-refractivity contribution is 7.80. The molecule has 0 aliphatic heterocycles. The minimum absolute atomic E-state index is 0.00338. The fraction of sp³-hybridized carbons (Fsp3) is 0.333. The summed E-state index contributed by atoms with van der Waals surface area (Å²) >= 11 is 3.79. The second-order valence-corrected chi connectivity index (χ2v) is 3.28. The minimum Gasteiger partial charge on any atom is -0.389 e. The second-order valence-electron chi connectivity index (χ2n) is 2.92. The summed E-state index contributed by atoms with van der Waals surface area (Å²) in [5, 5.41) is 18.9. The standard InChI is InChI=1S/C9H10FNO3S/c10-9-6(3-12)5(1-2-11-9)8(14)7(13)4-15/h1-3,7-8,13-15H,4H2. The van der Waals surface area contributed by atoms with E-state index in [2.05, 4.69) is 17.6 Å². The first-order chi connectivity index (χ1) is 7.11. The number of rotatable bonds is 4. The number of hydrogen-bond acceptors (Lipinski definition) is 5. The molecule has 1 rings (SSSR count). The molecule has 0 saturated heterocycles. The Balaban J connectivity index is 3.13. The van der Waals surface area contributed by atoms with Crippen LogP contribution < -0.4 is 0 Å². The van der Waals surface area contributed by atoms with Crippen LogP contribution in [-0.2, 0) is 0 Å². The number of carbonyl (C=O) groups is 1. The summed E-state index contributed by atoms with van der Waals surface area (Å²) in [5.41, 5.74) is -0.329. The highest BCUT2D eigenvalue weighted by atomic mass is 32.1. The zero-order valence-corrected chi connectivity index (χ0v) is 8.56. The van der Waals surface area contributed by atoms with Gasteiger partial charge in [-0.3, -0.25) is 4.79 Å². The van der Waals surface area contributed by atoms with E-state index in [4.69, 9.17) is 0 Å². The first-order valence-corrected chi connectivity index (χ1v) is 4.81. The first kappa shape index (κ1) is 12.1. The number of halogens is 1. The lowest BCUT2D eigenvalue weighted by Gasteiger charge is -2.17. The van der Waals surface area contributed by atoms with Gasteiger partial charge in [0.05, 0.1) is 11.7 Å². The zero-order chi connectivity index (χ0) is 11.4. The molecule has 0 radical (unpaired) electrons. The van der Waals surface area contributed by atoms with E-state index in [1.165, 1.54) is 6.07 Å². The van der Waals surface area contributed by atoms with Gasteiger partial charge in [-0.05, 0) is 11.6 Å². The topological polar surface area (TPSA) is 70.4 Å². The van der Waals surface area contributed by atoms with Gasteiger partial charge >= 0.3 is 0 Å². The van der Waals surface area contributed by atoms with E-state index in [1.807, 2.05) is 0 Å². The Morgan fingerprint density at radius 1 is 1.60 bits per heavy atom. The molecule has 0 aliphatic carbocycles. The van der Waals surface area contributed by atoms with Crippen molar-refractivity contribution < 1.29 is 19.4 Å². The van der Waals surface area contributed by atoms with Crippen LogP contribution in [0, 0.1) is 5.95 Å². The summed E-state index contributed by atoms with van der Waals surface area (Å²) in [6.07, 6.45) is -1.13. The Morgan fingerprint density at radius 2 is 2.27 bits per heavy atom. The highest BCUT2D eigenvalue weighted by Gasteiger charge is 2.21. The van der Waals surface area contributed by atoms with Crippen molar-refractivity contribution in [2.24, 2.45) is 0 Å². The third-order valence-corrected chi connectivity index (χ3v) is 2.34. The van der Waals surface area contributed by atoms with Crippen molar-refractivity contribution in [1.29, 1.82) is 0 Å². The van der Waals surface area contributed by atoms with Crippen LogP contribution in [0.5, 0.6) is 0 Å². The molecular formula is C9H10FNO3S. The number of aldehydes is 1. The van der Waals surface area contributed by atoms with Gasteiger partial charge in [0.25, 0.3) is 0 Å². The lowest BCUT2D eigenvalue weighted by Crippen LogP contribution is -2.21. The quantitative estimate of drug-likeness (QED) is 0.397. The molecule has 1 aromatic heterocycles. The van der Waals surface area contributed by atoms with Gasteiger partial charge in [-0.1, -0.05) is 0 Å². The molecule has 1 aromatic rings. The van der Waals surface area contributed by atoms with Crippen molar-refractivity contribution in [3.8, 4) is 0 Å². The van der Waals surface area contributed by atoms with Crippen molar-refractivity contribution in [1.82, 2.24) is 4.98 Å². The van der Waals surface area contributed by atoms with Crippen molar-refractivity contribution in [3.05, 3.63) is 29.3 Å². The molecule has 2 N–H and O–H groups in total. The van der Waals surface area contributed by atoms with Gasteiger partial charge in [0.2, 0.25) is 5.95 Å². The summed E-state index contributed by atoms with van der Waals surface area (Å²) in [7, 11) is 0. The molecule has 1 heterocycles. The van der Waals surface area contributed by atoms with E-state index in [0.717, 1.165) is 6.20 Å². The maximum Gasteiger partial charge on any atom is 0.223 e. The van der Waals surface area contributed by atoms with E-state index in [1.54, 1.807) is 0 Å². The van der Waals surface area contributed by atoms with Crippen LogP contribution in [0.3, 0.4) is 0 Å². The molecule has 0 aliphatic rings. The number of aliphatic hydroxyl groups is 2. The van der Waals surface area contributed by atoms with Crippen LogP contribution in [0.15, 0.2) is 12.3 Å². The van der Waals surface area contributed by atoms with Crippen LogP contribution in [-0.4, -0.2) is 33.3 Å². The van der Waals surface area contributed by atoms with Gasteiger partial charge in [0, 0.05) is 11.9 Å². The third kappa shape index (κ3) is 2.53. The van der Waals surface area contributed by atoms with E-state index in [0.29, 0.717) is 0 Å². The maximum atomic E-state index is 13.0. The number of aromatic nitrogens is 1. The fourth-order valence-corrected chi connectivity index (χ4v) is 1.34. The molecule has 0 fully saturated rings. The van der Waals surface area contributed by atoms with Crippen molar-refractivity contribution in [3.63, 3.8) is 0 Å². The molecule has 0 aromatic carbocycles. The van der Waals surface area contributed by atoms with Gasteiger partial charge in [0.15, 0.2) is 6.29 Å². The zero-order valence-electron chi connectivity index (χ0n) is 7.67. The SMILES string of the molecule is O=Cc1c(C(O)C(O)CS)ccnc1F. The molecule has 0 spiro atoms. The Labute approximate surface area is 91.2 Å². The molecule has 0 bridgehead atoms. The van der Waals surface area contributed by atoms with Crippen LogP contribution in [0.1, 0.15) is 22.0 Å². The van der Waals surface area contributed by atoms with E-state index >= 15 is 0 Å². The van der Waals surface area contributed by atoms with E-state index < -0.39 is 18.2 Å². The molecule has 2 atom stereocenters. The monoisotopic (exact) mass is 231 g/mol. The predicted octanol–water partition coefficient (Wildman–Crippen LogP) is 0.357. The normalized spacial score (nSPS) is 14.7. The average molecular weight is 231 g/mol. The van der Waals surface area contributed by atoms with Crippen molar-refractivity contribution >= 4 is 18.9 Å². The molecule has 82 valence electrons. The smallest absolute Gasteiger partial charge is 0.223 e. The van der Waals surface area contributed by atoms with Crippen molar-refractivity contribution in [2.45, 2.75) is 12.2 Å². The fourth-order valence-electron chi connectivity index (χ4n) is 1.14. The van der Waals surface area contributed by atoms with Gasteiger partial charge in [0.1, 0.15) is 6.10 Å². The Kier molecular flexibility index (Phi) is 4.19. The third-order valence-electron chi connectivity index (χ3n) is 1.96. The van der Waals surface area contributed by atoms with Crippen molar-refractivity contribution in [2.75, 3.05) is 5.75 Å². The average Bonchev–Trinajstić information content (AvgIpc) is 2.26. The molecule has 4 nitrogen and oxygen atoms in total. The number of pyridine rings is 1. The molecular weight excluding hydrogens is 221 g/mol. The summed E-state index contributed by atoms with van der Waals surface area (Å²) in [6.45, 7) is 0. The van der Waals surface area contributed by atoms with E-state index in [-0.39, 0.29) is 23.2 Å². The van der Waals surface area contributed by atoms with Gasteiger partial charge in [-0.2, -0.15) is 17.0 Å². The van der Waals surface area contributed by atoms with Crippen LogP contribution in [0.4, 0.5) is 4.39 Å². The Bertz CT molecular complexity index is 361. The number of nitrogens with zero attached hydrogens (tertiary/aromatic N) is 1. The highest BCUT2D eigenvalue weighted by Crippen LogP contribution is 2.21. The number of carbonyl (C=O) groups excluding carboxylic acids is 1. The summed E-state index contributed by atoms with van der Waals surface area (Å²) < 4.78 is 13.0.